The van der Waals surface area contributed by atoms with E-state index in [1.807, 2.05) is 0 Å². The molecule has 1 saturated heterocycles. The van der Waals surface area contributed by atoms with Crippen molar-refractivity contribution >= 4 is 5.69 Å². The first kappa shape index (κ1) is 11.5. The van der Waals surface area contributed by atoms with Crippen LogP contribution in [0.25, 0.3) is 0 Å². The van der Waals surface area contributed by atoms with Crippen LogP contribution in [0.1, 0.15) is 24.8 Å². The molecule has 0 amide bonds. The Morgan fingerprint density at radius 2 is 1.88 bits per heavy atom. The van der Waals surface area contributed by atoms with Crippen LogP contribution in [0, 0.1) is 6.92 Å². The molecular weight excluding hydrogens is 196 g/mol. The van der Waals surface area contributed by atoms with Crippen molar-refractivity contribution < 1.29 is 0 Å². The number of nitrogens with zero attached hydrogens (tertiary/aromatic N) is 1. The van der Waals surface area contributed by atoms with Crippen molar-refractivity contribution in [2.24, 2.45) is 0 Å². The fraction of sp³-hybridized carbons (Fsp3) is 0.571. The van der Waals surface area contributed by atoms with E-state index < -0.39 is 0 Å². The van der Waals surface area contributed by atoms with Gasteiger partial charge in [0.25, 0.3) is 0 Å². The quantitative estimate of drug-likeness (QED) is 0.820. The highest BCUT2D eigenvalue weighted by Crippen LogP contribution is 2.20. The number of nitrogens with one attached hydrogen (secondary N) is 1. The molecule has 1 aromatic carbocycles. The maximum Gasteiger partial charge on any atom is 0.0366 e. The van der Waals surface area contributed by atoms with Gasteiger partial charge in [-0.2, -0.15) is 0 Å². The lowest BCUT2D eigenvalue weighted by Gasteiger charge is -2.29. The van der Waals surface area contributed by atoms with E-state index in [2.05, 4.69) is 48.5 Å². The van der Waals surface area contributed by atoms with Gasteiger partial charge < -0.3 is 10.2 Å². The average molecular weight is 218 g/mol. The predicted molar refractivity (Wildman–Crippen MR) is 70.1 cm³/mol. The Morgan fingerprint density at radius 1 is 1.12 bits per heavy atom. The zero-order valence-corrected chi connectivity index (χ0v) is 10.4. The predicted octanol–water partition coefficient (Wildman–Crippen LogP) is 2.57. The van der Waals surface area contributed by atoms with Gasteiger partial charge in [-0.3, -0.25) is 0 Å². The lowest BCUT2D eigenvalue weighted by molar-refractivity contribution is 0.567. The van der Waals surface area contributed by atoms with Crippen LogP contribution >= 0.6 is 0 Å². The van der Waals surface area contributed by atoms with Gasteiger partial charge in [0.05, 0.1) is 0 Å². The zero-order valence-electron chi connectivity index (χ0n) is 10.4. The third-order valence-electron chi connectivity index (χ3n) is 3.53. The molecule has 1 aromatic rings. The van der Waals surface area contributed by atoms with Gasteiger partial charge >= 0.3 is 0 Å². The summed E-state index contributed by atoms with van der Waals surface area (Å²) >= 11 is 0. The molecule has 16 heavy (non-hydrogen) atoms. The smallest absolute Gasteiger partial charge is 0.0366 e. The first-order valence-corrected chi connectivity index (χ1v) is 6.27. The van der Waals surface area contributed by atoms with Crippen LogP contribution in [-0.2, 0) is 0 Å². The van der Waals surface area contributed by atoms with E-state index in [1.165, 1.54) is 37.1 Å². The molecule has 1 unspecified atom stereocenters. The normalized spacial score (nSPS) is 21.5. The van der Waals surface area contributed by atoms with E-state index in [4.69, 9.17) is 0 Å². The summed E-state index contributed by atoms with van der Waals surface area (Å²) in [5, 5.41) is 3.47. The second-order valence-corrected chi connectivity index (χ2v) is 4.78. The van der Waals surface area contributed by atoms with Gasteiger partial charge in [-0.1, -0.05) is 17.7 Å². The molecule has 88 valence electrons. The van der Waals surface area contributed by atoms with Crippen LogP contribution in [0.15, 0.2) is 24.3 Å². The molecule has 1 fully saturated rings. The molecule has 2 nitrogen and oxygen atoms in total. The third kappa shape index (κ3) is 2.76. The van der Waals surface area contributed by atoms with Crippen LogP contribution in [-0.4, -0.2) is 26.2 Å². The standard InChI is InChI=1S/C14H22N2/c1-12-5-7-14(8-6-12)16(2)13-4-3-10-15-11-9-13/h5-8,13,15H,3-4,9-11H2,1-2H3. The Balaban J connectivity index is 2.04. The summed E-state index contributed by atoms with van der Waals surface area (Å²) in [4.78, 5) is 2.44. The molecular formula is C14H22N2. The van der Waals surface area contributed by atoms with Gasteiger partial charge in [0.15, 0.2) is 0 Å². The Labute approximate surface area is 98.7 Å². The molecule has 1 N–H and O–H groups in total. The molecule has 1 aliphatic rings. The number of aryl methyl sites for hydroxylation is 1. The van der Waals surface area contributed by atoms with E-state index in [1.54, 1.807) is 0 Å². The third-order valence-corrected chi connectivity index (χ3v) is 3.53. The van der Waals surface area contributed by atoms with Crippen LogP contribution in [0.4, 0.5) is 5.69 Å². The minimum atomic E-state index is 0.692. The van der Waals surface area contributed by atoms with E-state index in [-0.39, 0.29) is 0 Å². The number of hydrogen-bond acceptors (Lipinski definition) is 2. The number of benzene rings is 1. The SMILES string of the molecule is Cc1ccc(N(C)C2CCCNCC2)cc1. The number of rotatable bonds is 2. The minimum absolute atomic E-state index is 0.692. The van der Waals surface area contributed by atoms with Gasteiger partial charge in [0.2, 0.25) is 0 Å². The Morgan fingerprint density at radius 3 is 2.62 bits per heavy atom. The molecule has 1 aliphatic heterocycles. The van der Waals surface area contributed by atoms with Crippen molar-refractivity contribution in [2.45, 2.75) is 32.2 Å². The fourth-order valence-corrected chi connectivity index (χ4v) is 2.38. The Kier molecular flexibility index (Phi) is 3.83. The van der Waals surface area contributed by atoms with Gasteiger partial charge in [-0.25, -0.2) is 0 Å². The zero-order chi connectivity index (χ0) is 11.4. The average Bonchev–Trinajstić information content (AvgIpc) is 2.57. The fourth-order valence-electron chi connectivity index (χ4n) is 2.38. The van der Waals surface area contributed by atoms with E-state index in [9.17, 15) is 0 Å². The van der Waals surface area contributed by atoms with E-state index in [0.717, 1.165) is 6.54 Å². The number of anilines is 1. The summed E-state index contributed by atoms with van der Waals surface area (Å²) in [7, 11) is 2.22. The van der Waals surface area contributed by atoms with Crippen molar-refractivity contribution in [3.63, 3.8) is 0 Å². The molecule has 0 aliphatic carbocycles. The van der Waals surface area contributed by atoms with Gasteiger partial charge in [-0.05, 0) is 51.4 Å². The molecule has 0 radical (unpaired) electrons. The van der Waals surface area contributed by atoms with Crippen molar-refractivity contribution in [2.75, 3.05) is 25.0 Å². The monoisotopic (exact) mass is 218 g/mol. The summed E-state index contributed by atoms with van der Waals surface area (Å²) in [5.41, 5.74) is 2.68. The number of hydrogen-bond donors (Lipinski definition) is 1. The lowest BCUT2D eigenvalue weighted by atomic mass is 10.1. The van der Waals surface area contributed by atoms with Crippen molar-refractivity contribution in [1.82, 2.24) is 5.32 Å². The molecule has 2 heteroatoms. The van der Waals surface area contributed by atoms with E-state index >= 15 is 0 Å². The molecule has 0 saturated carbocycles. The largest absolute Gasteiger partial charge is 0.372 e. The van der Waals surface area contributed by atoms with E-state index in [0.29, 0.717) is 6.04 Å². The van der Waals surface area contributed by atoms with Crippen LogP contribution in [0.3, 0.4) is 0 Å². The molecule has 2 rings (SSSR count). The van der Waals surface area contributed by atoms with Crippen LogP contribution < -0.4 is 10.2 Å². The molecule has 0 aromatic heterocycles. The topological polar surface area (TPSA) is 15.3 Å². The maximum atomic E-state index is 3.47. The second-order valence-electron chi connectivity index (χ2n) is 4.78. The first-order valence-electron chi connectivity index (χ1n) is 6.27. The summed E-state index contributed by atoms with van der Waals surface area (Å²) in [6.45, 7) is 4.47. The minimum Gasteiger partial charge on any atom is -0.372 e. The summed E-state index contributed by atoms with van der Waals surface area (Å²) < 4.78 is 0. The van der Waals surface area contributed by atoms with Gasteiger partial charge in [0.1, 0.15) is 0 Å². The highest BCUT2D eigenvalue weighted by Gasteiger charge is 2.16. The summed E-state index contributed by atoms with van der Waals surface area (Å²) in [6, 6.07) is 9.54. The van der Waals surface area contributed by atoms with Crippen molar-refractivity contribution in [1.29, 1.82) is 0 Å². The summed E-state index contributed by atoms with van der Waals surface area (Å²) in [6.07, 6.45) is 3.85. The highest BCUT2D eigenvalue weighted by molar-refractivity contribution is 5.47. The highest BCUT2D eigenvalue weighted by atomic mass is 15.1. The Hall–Kier alpha value is -1.02. The van der Waals surface area contributed by atoms with Crippen molar-refractivity contribution in [3.05, 3.63) is 29.8 Å². The lowest BCUT2D eigenvalue weighted by Crippen LogP contribution is -2.32. The first-order chi connectivity index (χ1) is 7.77. The second kappa shape index (κ2) is 5.35. The molecule has 1 heterocycles. The summed E-state index contributed by atoms with van der Waals surface area (Å²) in [5.74, 6) is 0. The maximum absolute atomic E-state index is 3.47. The van der Waals surface area contributed by atoms with Gasteiger partial charge in [0, 0.05) is 18.8 Å². The van der Waals surface area contributed by atoms with Crippen LogP contribution in [0.5, 0.6) is 0 Å². The molecule has 0 spiro atoms. The van der Waals surface area contributed by atoms with Gasteiger partial charge in [-0.15, -0.1) is 0 Å². The van der Waals surface area contributed by atoms with Crippen LogP contribution in [0.2, 0.25) is 0 Å². The molecule has 1 atom stereocenters. The Bertz CT molecular complexity index is 310. The van der Waals surface area contributed by atoms with Crippen molar-refractivity contribution in [3.8, 4) is 0 Å². The molecule has 0 bridgehead atoms.